The van der Waals surface area contributed by atoms with E-state index in [0.717, 1.165) is 11.3 Å². The van der Waals surface area contributed by atoms with Crippen molar-refractivity contribution in [3.05, 3.63) is 47.4 Å². The Kier molecular flexibility index (Phi) is 3.76. The van der Waals surface area contributed by atoms with Gasteiger partial charge in [-0.3, -0.25) is 0 Å². The highest BCUT2D eigenvalue weighted by molar-refractivity contribution is 6.01. The molecule has 0 spiro atoms. The Morgan fingerprint density at radius 2 is 1.88 bits per heavy atom. The smallest absolute Gasteiger partial charge is 0.203 e. The summed E-state index contributed by atoms with van der Waals surface area (Å²) >= 11 is 0. The Balaban J connectivity index is 3.40. The molecule has 1 aromatic carbocycles. The first-order valence-electron chi connectivity index (χ1n) is 5.76. The van der Waals surface area contributed by atoms with Crippen molar-refractivity contribution >= 4 is 5.71 Å². The second-order valence-electron chi connectivity index (χ2n) is 5.41. The standard InChI is InChI=1S/C15H21NO/c1-10-7-8-14(15(4,5)6)13(9-10)11(2)16-12(3)17/h7-9,17H,3H2,1-2,4-6H3/b16-11-. The molecule has 0 bridgehead atoms. The van der Waals surface area contributed by atoms with Crippen LogP contribution in [0.5, 0.6) is 0 Å². The summed E-state index contributed by atoms with van der Waals surface area (Å²) in [7, 11) is 0. The predicted molar refractivity (Wildman–Crippen MR) is 73.9 cm³/mol. The fourth-order valence-corrected chi connectivity index (χ4v) is 1.87. The molecule has 1 aromatic rings. The monoisotopic (exact) mass is 231 g/mol. The lowest BCUT2D eigenvalue weighted by Gasteiger charge is -2.23. The van der Waals surface area contributed by atoms with Gasteiger partial charge < -0.3 is 5.11 Å². The van der Waals surface area contributed by atoms with E-state index in [4.69, 9.17) is 5.11 Å². The second-order valence-corrected chi connectivity index (χ2v) is 5.41. The lowest BCUT2D eigenvalue weighted by Crippen LogP contribution is -2.16. The second kappa shape index (κ2) is 4.74. The minimum absolute atomic E-state index is 0.0522. The number of hydrogen-bond acceptors (Lipinski definition) is 2. The topological polar surface area (TPSA) is 32.6 Å². The fourth-order valence-electron chi connectivity index (χ4n) is 1.87. The highest BCUT2D eigenvalue weighted by Gasteiger charge is 2.19. The molecule has 0 fully saturated rings. The molecule has 0 radical (unpaired) electrons. The summed E-state index contributed by atoms with van der Waals surface area (Å²) in [5.74, 6) is -0.149. The molecule has 2 heteroatoms. The summed E-state index contributed by atoms with van der Waals surface area (Å²) in [6.07, 6.45) is 0. The normalized spacial score (nSPS) is 12.6. The van der Waals surface area contributed by atoms with Crippen LogP contribution in [0.4, 0.5) is 0 Å². The van der Waals surface area contributed by atoms with Crippen molar-refractivity contribution in [3.8, 4) is 0 Å². The van der Waals surface area contributed by atoms with E-state index in [1.165, 1.54) is 11.1 Å². The Hall–Kier alpha value is -1.57. The van der Waals surface area contributed by atoms with Gasteiger partial charge in [-0.1, -0.05) is 38.5 Å². The summed E-state index contributed by atoms with van der Waals surface area (Å²) < 4.78 is 0. The highest BCUT2D eigenvalue weighted by atomic mass is 16.3. The van der Waals surface area contributed by atoms with Gasteiger partial charge in [0.05, 0.1) is 0 Å². The van der Waals surface area contributed by atoms with Gasteiger partial charge in [-0.15, -0.1) is 0 Å². The summed E-state index contributed by atoms with van der Waals surface area (Å²) in [5, 5.41) is 9.17. The number of rotatable bonds is 2. The van der Waals surface area contributed by atoms with Crippen LogP contribution in [0, 0.1) is 6.92 Å². The van der Waals surface area contributed by atoms with E-state index < -0.39 is 0 Å². The van der Waals surface area contributed by atoms with Gasteiger partial charge in [0, 0.05) is 5.71 Å². The van der Waals surface area contributed by atoms with Crippen LogP contribution in [0.1, 0.15) is 44.4 Å². The van der Waals surface area contributed by atoms with Crippen molar-refractivity contribution in [2.75, 3.05) is 0 Å². The quantitative estimate of drug-likeness (QED) is 0.602. The zero-order valence-electron chi connectivity index (χ0n) is 11.3. The third-order valence-corrected chi connectivity index (χ3v) is 2.67. The minimum Gasteiger partial charge on any atom is -0.494 e. The van der Waals surface area contributed by atoms with E-state index in [1.54, 1.807) is 0 Å². The van der Waals surface area contributed by atoms with Gasteiger partial charge in [0.15, 0.2) is 0 Å². The molecule has 0 aromatic heterocycles. The van der Waals surface area contributed by atoms with E-state index >= 15 is 0 Å². The van der Waals surface area contributed by atoms with Gasteiger partial charge in [-0.2, -0.15) is 0 Å². The summed E-state index contributed by atoms with van der Waals surface area (Å²) in [5.41, 5.74) is 4.34. The first-order chi connectivity index (χ1) is 7.71. The van der Waals surface area contributed by atoms with Gasteiger partial charge in [0.25, 0.3) is 0 Å². The van der Waals surface area contributed by atoms with Crippen LogP contribution < -0.4 is 0 Å². The van der Waals surface area contributed by atoms with Crippen LogP contribution in [0.25, 0.3) is 0 Å². The molecule has 0 aliphatic rings. The van der Waals surface area contributed by atoms with E-state index in [2.05, 4.69) is 57.5 Å². The molecule has 0 amide bonds. The first kappa shape index (κ1) is 13.5. The Labute approximate surface area is 104 Å². The van der Waals surface area contributed by atoms with Gasteiger partial charge in [0.2, 0.25) is 5.88 Å². The van der Waals surface area contributed by atoms with Gasteiger partial charge >= 0.3 is 0 Å². The van der Waals surface area contributed by atoms with Gasteiger partial charge in [0.1, 0.15) is 0 Å². The molecule has 0 aliphatic heterocycles. The zero-order chi connectivity index (χ0) is 13.2. The SMILES string of the molecule is C=C(O)/N=C(/C)c1cc(C)ccc1C(C)(C)C. The molecular formula is C15H21NO. The van der Waals surface area contributed by atoms with E-state index in [-0.39, 0.29) is 11.3 Å². The van der Waals surface area contributed by atoms with Crippen LogP contribution in [0.2, 0.25) is 0 Å². The summed E-state index contributed by atoms with van der Waals surface area (Å²) in [4.78, 5) is 4.04. The molecular weight excluding hydrogens is 210 g/mol. The molecule has 0 atom stereocenters. The number of benzene rings is 1. The van der Waals surface area contributed by atoms with Gasteiger partial charge in [-0.25, -0.2) is 4.99 Å². The molecule has 0 saturated heterocycles. The first-order valence-corrected chi connectivity index (χ1v) is 5.76. The molecule has 1 N–H and O–H groups in total. The van der Waals surface area contributed by atoms with E-state index in [1.807, 2.05) is 6.92 Å². The minimum atomic E-state index is -0.149. The van der Waals surface area contributed by atoms with Gasteiger partial charge in [-0.05, 0) is 43.0 Å². The van der Waals surface area contributed by atoms with Crippen molar-refractivity contribution in [1.82, 2.24) is 0 Å². The largest absolute Gasteiger partial charge is 0.494 e. The summed E-state index contributed by atoms with van der Waals surface area (Å²) in [6, 6.07) is 6.33. The maximum absolute atomic E-state index is 9.17. The maximum atomic E-state index is 9.17. The molecule has 2 nitrogen and oxygen atoms in total. The fraction of sp³-hybridized carbons (Fsp3) is 0.400. The highest BCUT2D eigenvalue weighted by Crippen LogP contribution is 2.27. The maximum Gasteiger partial charge on any atom is 0.203 e. The number of hydrogen-bond donors (Lipinski definition) is 1. The van der Waals surface area contributed by atoms with Crippen molar-refractivity contribution in [3.63, 3.8) is 0 Å². The Morgan fingerprint density at radius 1 is 1.29 bits per heavy atom. The number of nitrogens with zero attached hydrogens (tertiary/aromatic N) is 1. The number of aliphatic hydroxyl groups excluding tert-OH is 1. The van der Waals surface area contributed by atoms with Crippen molar-refractivity contribution in [1.29, 1.82) is 0 Å². The van der Waals surface area contributed by atoms with Crippen molar-refractivity contribution in [2.24, 2.45) is 4.99 Å². The van der Waals surface area contributed by atoms with Crippen molar-refractivity contribution < 1.29 is 5.11 Å². The van der Waals surface area contributed by atoms with Crippen LogP contribution >= 0.6 is 0 Å². The number of aliphatic hydroxyl groups is 1. The average molecular weight is 231 g/mol. The zero-order valence-corrected chi connectivity index (χ0v) is 11.3. The summed E-state index contributed by atoms with van der Waals surface area (Å²) in [6.45, 7) is 13.9. The van der Waals surface area contributed by atoms with Crippen molar-refractivity contribution in [2.45, 2.75) is 40.0 Å². The van der Waals surface area contributed by atoms with Crippen LogP contribution in [-0.2, 0) is 5.41 Å². The van der Waals surface area contributed by atoms with E-state index in [0.29, 0.717) is 0 Å². The van der Waals surface area contributed by atoms with Crippen LogP contribution in [-0.4, -0.2) is 10.8 Å². The average Bonchev–Trinajstić information content (AvgIpc) is 2.14. The third kappa shape index (κ3) is 3.45. The number of aliphatic imine (C=N–C) groups is 1. The van der Waals surface area contributed by atoms with Crippen LogP contribution in [0.15, 0.2) is 35.7 Å². The van der Waals surface area contributed by atoms with Crippen LogP contribution in [0.3, 0.4) is 0 Å². The molecule has 0 saturated carbocycles. The molecule has 92 valence electrons. The molecule has 0 heterocycles. The Bertz CT molecular complexity index is 464. The van der Waals surface area contributed by atoms with E-state index in [9.17, 15) is 0 Å². The third-order valence-electron chi connectivity index (χ3n) is 2.67. The Morgan fingerprint density at radius 3 is 2.35 bits per heavy atom. The predicted octanol–water partition coefficient (Wildman–Crippen LogP) is 4.13. The number of aryl methyl sites for hydroxylation is 1. The molecule has 0 aliphatic carbocycles. The molecule has 17 heavy (non-hydrogen) atoms. The lowest BCUT2D eigenvalue weighted by molar-refractivity contribution is 0.410. The molecule has 1 rings (SSSR count). The molecule has 0 unspecified atom stereocenters. The lowest BCUT2D eigenvalue weighted by atomic mass is 9.82.